The van der Waals surface area contributed by atoms with Crippen molar-refractivity contribution in [3.63, 3.8) is 0 Å². The summed E-state index contributed by atoms with van der Waals surface area (Å²) in [4.78, 5) is 18.7. The number of benzene rings is 2. The average molecular weight is 348 g/mol. The molecular formula is C21H20N2OS. The van der Waals surface area contributed by atoms with Crippen LogP contribution in [0.1, 0.15) is 34.8 Å². The Labute approximate surface area is 151 Å². The standard InChI is InChI=1S/C21H20N2OS/c24-21(22-12-13-25-16-6-2-1-3-7-16)18-14-20(15-10-11-15)23-19-9-5-4-8-17(18)19/h1-9,14-15H,10-13H2,(H,22,24). The van der Waals surface area contributed by atoms with Crippen LogP contribution in [0.25, 0.3) is 10.9 Å². The van der Waals surface area contributed by atoms with Crippen molar-refractivity contribution in [2.45, 2.75) is 23.7 Å². The zero-order valence-electron chi connectivity index (χ0n) is 13.9. The molecule has 0 radical (unpaired) electrons. The second-order valence-electron chi connectivity index (χ2n) is 6.30. The van der Waals surface area contributed by atoms with Crippen LogP contribution in [0.2, 0.25) is 0 Å². The molecule has 1 aromatic heterocycles. The highest BCUT2D eigenvalue weighted by atomic mass is 32.2. The van der Waals surface area contributed by atoms with Crippen LogP contribution in [0.3, 0.4) is 0 Å². The smallest absolute Gasteiger partial charge is 0.252 e. The van der Waals surface area contributed by atoms with Gasteiger partial charge in [-0.05, 0) is 37.1 Å². The van der Waals surface area contributed by atoms with Crippen LogP contribution in [-0.2, 0) is 0 Å². The lowest BCUT2D eigenvalue weighted by Crippen LogP contribution is -2.26. The maximum atomic E-state index is 12.7. The highest BCUT2D eigenvalue weighted by Crippen LogP contribution is 2.40. The molecule has 1 aliphatic carbocycles. The molecule has 3 aromatic rings. The molecule has 1 amide bonds. The lowest BCUT2D eigenvalue weighted by atomic mass is 10.1. The van der Waals surface area contributed by atoms with Crippen molar-refractivity contribution in [1.29, 1.82) is 0 Å². The van der Waals surface area contributed by atoms with Gasteiger partial charge in [-0.15, -0.1) is 11.8 Å². The Balaban J connectivity index is 1.46. The molecule has 1 saturated carbocycles. The number of carbonyl (C=O) groups is 1. The molecule has 1 heterocycles. The Morgan fingerprint density at radius 3 is 2.64 bits per heavy atom. The van der Waals surface area contributed by atoms with Gasteiger partial charge in [0.15, 0.2) is 0 Å². The maximum absolute atomic E-state index is 12.7. The summed E-state index contributed by atoms with van der Waals surface area (Å²) in [5.41, 5.74) is 2.72. The molecule has 4 rings (SSSR count). The third kappa shape index (κ3) is 3.85. The summed E-state index contributed by atoms with van der Waals surface area (Å²) in [5, 5.41) is 3.99. The van der Waals surface area contributed by atoms with Gasteiger partial charge < -0.3 is 5.32 Å². The largest absolute Gasteiger partial charge is 0.351 e. The highest BCUT2D eigenvalue weighted by Gasteiger charge is 2.26. The Kier molecular flexibility index (Phi) is 4.70. The predicted molar refractivity (Wildman–Crippen MR) is 103 cm³/mol. The van der Waals surface area contributed by atoms with Gasteiger partial charge in [0.05, 0.1) is 11.1 Å². The molecule has 1 fully saturated rings. The van der Waals surface area contributed by atoms with Gasteiger partial charge in [-0.1, -0.05) is 36.4 Å². The molecule has 1 aliphatic rings. The van der Waals surface area contributed by atoms with Crippen molar-refractivity contribution in [2.24, 2.45) is 0 Å². The van der Waals surface area contributed by atoms with E-state index in [1.54, 1.807) is 11.8 Å². The van der Waals surface area contributed by atoms with Gasteiger partial charge in [-0.2, -0.15) is 0 Å². The van der Waals surface area contributed by atoms with E-state index in [-0.39, 0.29) is 5.91 Å². The van der Waals surface area contributed by atoms with E-state index in [0.717, 1.165) is 27.9 Å². The zero-order valence-corrected chi connectivity index (χ0v) is 14.8. The van der Waals surface area contributed by atoms with Gasteiger partial charge in [-0.25, -0.2) is 0 Å². The number of carbonyl (C=O) groups excluding carboxylic acids is 1. The SMILES string of the molecule is O=C(NCCSc1ccccc1)c1cc(C2CC2)nc2ccccc12. The van der Waals surface area contributed by atoms with E-state index in [1.165, 1.54) is 17.7 Å². The molecule has 3 nitrogen and oxygen atoms in total. The molecular weight excluding hydrogens is 328 g/mol. The fourth-order valence-corrected chi connectivity index (χ4v) is 3.71. The third-order valence-corrected chi connectivity index (χ3v) is 5.39. The number of hydrogen-bond acceptors (Lipinski definition) is 3. The average Bonchev–Trinajstić information content (AvgIpc) is 3.50. The Bertz CT molecular complexity index is 891. The van der Waals surface area contributed by atoms with Gasteiger partial charge in [-0.3, -0.25) is 9.78 Å². The van der Waals surface area contributed by atoms with Crippen molar-refractivity contribution in [3.05, 3.63) is 71.9 Å². The van der Waals surface area contributed by atoms with E-state index in [4.69, 9.17) is 4.98 Å². The lowest BCUT2D eigenvalue weighted by Gasteiger charge is -2.10. The topological polar surface area (TPSA) is 42.0 Å². The summed E-state index contributed by atoms with van der Waals surface area (Å²) < 4.78 is 0. The van der Waals surface area contributed by atoms with Crippen molar-refractivity contribution in [1.82, 2.24) is 10.3 Å². The normalized spacial score (nSPS) is 13.8. The first-order valence-corrected chi connectivity index (χ1v) is 9.65. The Hall–Kier alpha value is -2.33. The molecule has 0 bridgehead atoms. The number of amides is 1. The third-order valence-electron chi connectivity index (χ3n) is 4.38. The van der Waals surface area contributed by atoms with Crippen LogP contribution >= 0.6 is 11.8 Å². The van der Waals surface area contributed by atoms with Crippen LogP contribution in [-0.4, -0.2) is 23.2 Å². The van der Waals surface area contributed by atoms with Crippen LogP contribution in [0.5, 0.6) is 0 Å². The summed E-state index contributed by atoms with van der Waals surface area (Å²) in [5.74, 6) is 1.38. The van der Waals surface area contributed by atoms with E-state index >= 15 is 0 Å². The first-order valence-electron chi connectivity index (χ1n) is 8.67. The van der Waals surface area contributed by atoms with E-state index in [0.29, 0.717) is 12.5 Å². The number of hydrogen-bond donors (Lipinski definition) is 1. The van der Waals surface area contributed by atoms with Gasteiger partial charge in [0.25, 0.3) is 5.91 Å². The minimum absolute atomic E-state index is 0.00541. The number of thioether (sulfide) groups is 1. The number of nitrogens with one attached hydrogen (secondary N) is 1. The molecule has 0 spiro atoms. The van der Waals surface area contributed by atoms with E-state index < -0.39 is 0 Å². The van der Waals surface area contributed by atoms with Crippen molar-refractivity contribution < 1.29 is 4.79 Å². The number of aromatic nitrogens is 1. The van der Waals surface area contributed by atoms with Gasteiger partial charge >= 0.3 is 0 Å². The summed E-state index contributed by atoms with van der Waals surface area (Å²) >= 11 is 1.75. The summed E-state index contributed by atoms with van der Waals surface area (Å²) in [6.07, 6.45) is 2.36. The molecule has 2 aromatic carbocycles. The fourth-order valence-electron chi connectivity index (χ4n) is 2.92. The lowest BCUT2D eigenvalue weighted by molar-refractivity contribution is 0.0957. The quantitative estimate of drug-likeness (QED) is 0.521. The molecule has 0 aliphatic heterocycles. The fraction of sp³-hybridized carbons (Fsp3) is 0.238. The van der Waals surface area contributed by atoms with E-state index in [2.05, 4.69) is 17.4 Å². The van der Waals surface area contributed by atoms with Crippen molar-refractivity contribution >= 4 is 28.6 Å². The summed E-state index contributed by atoms with van der Waals surface area (Å²) in [6, 6.07) is 20.1. The molecule has 126 valence electrons. The van der Waals surface area contributed by atoms with Crippen LogP contribution in [0.15, 0.2) is 65.6 Å². The second kappa shape index (κ2) is 7.28. The number of pyridine rings is 1. The van der Waals surface area contributed by atoms with Crippen molar-refractivity contribution in [2.75, 3.05) is 12.3 Å². The van der Waals surface area contributed by atoms with Crippen LogP contribution in [0, 0.1) is 0 Å². The minimum Gasteiger partial charge on any atom is -0.351 e. The summed E-state index contributed by atoms with van der Waals surface area (Å²) in [6.45, 7) is 0.647. The van der Waals surface area contributed by atoms with E-state index in [1.807, 2.05) is 48.5 Å². The molecule has 0 atom stereocenters. The monoisotopic (exact) mass is 348 g/mol. The Morgan fingerprint density at radius 2 is 1.84 bits per heavy atom. The number of para-hydroxylation sites is 1. The minimum atomic E-state index is -0.00541. The van der Waals surface area contributed by atoms with Gasteiger partial charge in [0.1, 0.15) is 0 Å². The number of nitrogens with zero attached hydrogens (tertiary/aromatic N) is 1. The zero-order chi connectivity index (χ0) is 17.1. The van der Waals surface area contributed by atoms with E-state index in [9.17, 15) is 4.79 Å². The van der Waals surface area contributed by atoms with Crippen LogP contribution < -0.4 is 5.32 Å². The van der Waals surface area contributed by atoms with Crippen LogP contribution in [0.4, 0.5) is 0 Å². The second-order valence-corrected chi connectivity index (χ2v) is 7.47. The Morgan fingerprint density at radius 1 is 1.08 bits per heavy atom. The van der Waals surface area contributed by atoms with Gasteiger partial charge in [0, 0.05) is 34.2 Å². The van der Waals surface area contributed by atoms with Gasteiger partial charge in [0.2, 0.25) is 0 Å². The maximum Gasteiger partial charge on any atom is 0.252 e. The number of rotatable bonds is 6. The molecule has 0 saturated heterocycles. The first kappa shape index (κ1) is 16.2. The molecule has 1 N–H and O–H groups in total. The number of fused-ring (bicyclic) bond motifs is 1. The summed E-state index contributed by atoms with van der Waals surface area (Å²) in [7, 11) is 0. The molecule has 25 heavy (non-hydrogen) atoms. The van der Waals surface area contributed by atoms with Crippen molar-refractivity contribution in [3.8, 4) is 0 Å². The molecule has 0 unspecified atom stereocenters. The first-order chi connectivity index (χ1) is 12.3. The molecule has 4 heteroatoms. The predicted octanol–water partition coefficient (Wildman–Crippen LogP) is 4.63. The highest BCUT2D eigenvalue weighted by molar-refractivity contribution is 7.99.